The Morgan fingerprint density at radius 1 is 0.800 bits per heavy atom. The monoisotopic (exact) mass is 505 g/mol. The van der Waals surface area contributed by atoms with Gasteiger partial charge >= 0.3 is 0 Å². The topological polar surface area (TPSA) is 80.8 Å². The lowest BCUT2D eigenvalue weighted by Gasteiger charge is -2.27. The van der Waals surface area contributed by atoms with Gasteiger partial charge in [-0.3, -0.25) is 19.2 Å². The SMILES string of the molecule is Cc1ccccc1[C@@H]1OC2(C(=O)c3ccccc3C2=O)[C@H]2C(=O)N(c3ccc(Cl)c(Cl)c3)C(=O)[C@H]12. The van der Waals surface area contributed by atoms with E-state index in [9.17, 15) is 19.2 Å². The van der Waals surface area contributed by atoms with Crippen LogP contribution in [0, 0.1) is 18.8 Å². The van der Waals surface area contributed by atoms with E-state index in [4.69, 9.17) is 27.9 Å². The number of anilines is 1. The molecule has 3 aliphatic rings. The third kappa shape index (κ3) is 2.82. The van der Waals surface area contributed by atoms with Gasteiger partial charge in [-0.15, -0.1) is 0 Å². The van der Waals surface area contributed by atoms with Crippen LogP contribution in [0.5, 0.6) is 0 Å². The van der Waals surface area contributed by atoms with E-state index in [2.05, 4.69) is 0 Å². The molecule has 1 spiro atoms. The molecule has 2 heterocycles. The Morgan fingerprint density at radius 3 is 2.06 bits per heavy atom. The zero-order valence-corrected chi connectivity index (χ0v) is 19.8. The first-order valence-corrected chi connectivity index (χ1v) is 11.8. The number of Topliss-reactive ketones (excluding diaryl/α,β-unsaturated/α-hetero) is 2. The van der Waals surface area contributed by atoms with Gasteiger partial charge in [0, 0.05) is 11.1 Å². The van der Waals surface area contributed by atoms with Gasteiger partial charge in [-0.25, -0.2) is 4.90 Å². The van der Waals surface area contributed by atoms with Crippen LogP contribution in [0.15, 0.2) is 66.7 Å². The lowest BCUT2D eigenvalue weighted by molar-refractivity contribution is -0.127. The second-order valence-electron chi connectivity index (χ2n) is 8.95. The van der Waals surface area contributed by atoms with E-state index < -0.39 is 46.9 Å². The second kappa shape index (κ2) is 7.59. The minimum atomic E-state index is -2.11. The van der Waals surface area contributed by atoms with E-state index in [-0.39, 0.29) is 26.9 Å². The predicted octanol–water partition coefficient (Wildman–Crippen LogP) is 5.00. The van der Waals surface area contributed by atoms with Crippen molar-refractivity contribution >= 4 is 52.3 Å². The lowest BCUT2D eigenvalue weighted by Crippen LogP contribution is -2.51. The second-order valence-corrected chi connectivity index (χ2v) is 9.76. The summed E-state index contributed by atoms with van der Waals surface area (Å²) >= 11 is 12.2. The zero-order chi connectivity index (χ0) is 24.6. The molecule has 1 aliphatic carbocycles. The number of hydrogen-bond acceptors (Lipinski definition) is 5. The highest BCUT2D eigenvalue weighted by molar-refractivity contribution is 6.42. The molecule has 0 saturated carbocycles. The van der Waals surface area contributed by atoms with Crippen LogP contribution in [0.25, 0.3) is 0 Å². The van der Waals surface area contributed by atoms with Crippen molar-refractivity contribution in [3.63, 3.8) is 0 Å². The molecular weight excluding hydrogens is 489 g/mol. The summed E-state index contributed by atoms with van der Waals surface area (Å²) in [4.78, 5) is 56.3. The van der Waals surface area contributed by atoms with Gasteiger partial charge in [0.05, 0.1) is 33.7 Å². The molecule has 6 nitrogen and oxygen atoms in total. The van der Waals surface area contributed by atoms with Gasteiger partial charge in [0.25, 0.3) is 0 Å². The molecule has 0 unspecified atom stereocenters. The molecule has 174 valence electrons. The third-order valence-corrected chi connectivity index (χ3v) is 7.91. The maximum absolute atomic E-state index is 13.9. The molecule has 0 aromatic heterocycles. The predicted molar refractivity (Wildman–Crippen MR) is 129 cm³/mol. The molecular formula is C27H17Cl2NO5. The van der Waals surface area contributed by atoms with Crippen LogP contribution >= 0.6 is 23.2 Å². The highest BCUT2D eigenvalue weighted by Crippen LogP contribution is 2.58. The summed E-state index contributed by atoms with van der Waals surface area (Å²) in [6, 6.07) is 18.1. The van der Waals surface area contributed by atoms with E-state index in [0.717, 1.165) is 10.5 Å². The van der Waals surface area contributed by atoms with Crippen molar-refractivity contribution in [1.82, 2.24) is 0 Å². The highest BCUT2D eigenvalue weighted by atomic mass is 35.5. The van der Waals surface area contributed by atoms with Crippen molar-refractivity contribution in [3.05, 3.63) is 99.0 Å². The number of imide groups is 1. The number of amides is 2. The Hall–Kier alpha value is -3.32. The number of hydrogen-bond donors (Lipinski definition) is 0. The summed E-state index contributed by atoms with van der Waals surface area (Å²) in [5.41, 5.74) is -0.0494. The molecule has 2 fully saturated rings. The van der Waals surface area contributed by atoms with Crippen LogP contribution in [0.3, 0.4) is 0 Å². The fourth-order valence-electron chi connectivity index (χ4n) is 5.58. The smallest absolute Gasteiger partial charge is 0.241 e. The number of rotatable bonds is 2. The van der Waals surface area contributed by atoms with Crippen LogP contribution in [-0.4, -0.2) is 29.0 Å². The average Bonchev–Trinajstić information content (AvgIpc) is 3.41. The molecule has 0 bridgehead atoms. The van der Waals surface area contributed by atoms with E-state index >= 15 is 0 Å². The van der Waals surface area contributed by atoms with Crippen molar-refractivity contribution in [1.29, 1.82) is 0 Å². The van der Waals surface area contributed by atoms with Gasteiger partial charge in [0.2, 0.25) is 29.0 Å². The van der Waals surface area contributed by atoms with E-state index in [1.54, 1.807) is 36.4 Å². The van der Waals surface area contributed by atoms with Crippen LogP contribution < -0.4 is 4.90 Å². The number of nitrogens with zero attached hydrogens (tertiary/aromatic N) is 1. The molecule has 3 aromatic rings. The minimum absolute atomic E-state index is 0.170. The first-order valence-electron chi connectivity index (χ1n) is 11.0. The van der Waals surface area contributed by atoms with Crippen molar-refractivity contribution in [2.75, 3.05) is 4.90 Å². The number of ketones is 2. The first-order chi connectivity index (χ1) is 16.8. The molecule has 2 aliphatic heterocycles. The Morgan fingerprint density at radius 2 is 1.43 bits per heavy atom. The minimum Gasteiger partial charge on any atom is -0.349 e. The molecule has 0 radical (unpaired) electrons. The quantitative estimate of drug-likeness (QED) is 0.361. The Bertz CT molecular complexity index is 1450. The molecule has 0 N–H and O–H groups in total. The standard InChI is InChI=1S/C27H17Cl2NO5/c1-13-6-2-3-7-15(13)22-20-21(26(34)30(25(20)33)14-10-11-18(28)19(29)12-14)27(35-22)23(31)16-8-4-5-9-17(16)24(27)32/h2-12,20-22H,1H3/t20-,21+,22-/m0/s1. The fraction of sp³-hybridized carbons (Fsp3) is 0.185. The number of carbonyl (C=O) groups excluding carboxylic acids is 4. The summed E-state index contributed by atoms with van der Waals surface area (Å²) in [6.07, 6.45) is -0.965. The zero-order valence-electron chi connectivity index (χ0n) is 18.3. The van der Waals surface area contributed by atoms with E-state index in [0.29, 0.717) is 5.56 Å². The van der Waals surface area contributed by atoms with Gasteiger partial charge in [-0.1, -0.05) is 71.7 Å². The Kier molecular flexibility index (Phi) is 4.81. The molecule has 3 aromatic carbocycles. The summed E-state index contributed by atoms with van der Waals surface area (Å²) in [6.45, 7) is 1.85. The van der Waals surface area contributed by atoms with E-state index in [1.165, 1.54) is 18.2 Å². The summed E-state index contributed by atoms with van der Waals surface area (Å²) in [7, 11) is 0. The van der Waals surface area contributed by atoms with E-state index in [1.807, 2.05) is 19.1 Å². The molecule has 2 amide bonds. The van der Waals surface area contributed by atoms with Gasteiger partial charge in [0.1, 0.15) is 0 Å². The number of carbonyl (C=O) groups is 4. The Labute approximate surface area is 210 Å². The van der Waals surface area contributed by atoms with Gasteiger partial charge in [0.15, 0.2) is 0 Å². The van der Waals surface area contributed by atoms with Gasteiger partial charge in [-0.05, 0) is 36.2 Å². The molecule has 2 saturated heterocycles. The van der Waals surface area contributed by atoms with Crippen molar-refractivity contribution < 1.29 is 23.9 Å². The van der Waals surface area contributed by atoms with Gasteiger partial charge < -0.3 is 4.74 Å². The Balaban J connectivity index is 1.56. The lowest BCUT2D eigenvalue weighted by atomic mass is 9.77. The van der Waals surface area contributed by atoms with Crippen LogP contribution in [0.1, 0.15) is 37.9 Å². The fourth-order valence-corrected chi connectivity index (χ4v) is 5.88. The van der Waals surface area contributed by atoms with Crippen molar-refractivity contribution in [2.45, 2.75) is 18.6 Å². The molecule has 6 rings (SSSR count). The number of benzene rings is 3. The maximum atomic E-state index is 13.9. The largest absolute Gasteiger partial charge is 0.349 e. The van der Waals surface area contributed by atoms with Crippen molar-refractivity contribution in [2.24, 2.45) is 11.8 Å². The summed E-state index contributed by atoms with van der Waals surface area (Å²) < 4.78 is 6.30. The third-order valence-electron chi connectivity index (χ3n) is 7.18. The maximum Gasteiger partial charge on any atom is 0.241 e. The first kappa shape index (κ1) is 22.2. The molecule has 8 heteroatoms. The normalized spacial score (nSPS) is 24.4. The number of fused-ring (bicyclic) bond motifs is 3. The highest BCUT2D eigenvalue weighted by Gasteiger charge is 2.74. The number of halogens is 2. The molecule has 35 heavy (non-hydrogen) atoms. The number of aryl methyl sites for hydroxylation is 1. The van der Waals surface area contributed by atoms with Gasteiger partial charge in [-0.2, -0.15) is 0 Å². The van der Waals surface area contributed by atoms with Crippen molar-refractivity contribution in [3.8, 4) is 0 Å². The number of ether oxygens (including phenoxy) is 1. The van der Waals surface area contributed by atoms with Crippen LogP contribution in [-0.2, 0) is 14.3 Å². The summed E-state index contributed by atoms with van der Waals surface area (Å²) in [5.74, 6) is -4.81. The average molecular weight is 506 g/mol. The van der Waals surface area contributed by atoms with Crippen LogP contribution in [0.2, 0.25) is 10.0 Å². The summed E-state index contributed by atoms with van der Waals surface area (Å²) in [5, 5.41) is 0.438. The molecule has 3 atom stereocenters. The van der Waals surface area contributed by atoms with Crippen LogP contribution in [0.4, 0.5) is 5.69 Å².